The van der Waals surface area contributed by atoms with Gasteiger partial charge in [-0.2, -0.15) is 0 Å². The van der Waals surface area contributed by atoms with Crippen molar-refractivity contribution < 1.29 is 28.7 Å². The molecule has 0 saturated heterocycles. The Morgan fingerprint density at radius 3 is 1.38 bits per heavy atom. The molecule has 0 saturated carbocycles. The fourth-order valence-electron chi connectivity index (χ4n) is 6.93. The highest BCUT2D eigenvalue weighted by molar-refractivity contribution is 5.90. The van der Waals surface area contributed by atoms with E-state index in [1.54, 1.807) is 0 Å². The van der Waals surface area contributed by atoms with E-state index in [0.717, 1.165) is 77.0 Å². The van der Waals surface area contributed by atoms with Crippen molar-refractivity contribution in [2.24, 2.45) is 34.2 Å². The summed E-state index contributed by atoms with van der Waals surface area (Å²) in [5, 5.41) is 2.87. The largest absolute Gasteiger partial charge is 0.465 e. The van der Waals surface area contributed by atoms with Gasteiger partial charge in [0, 0.05) is 18.9 Å². The van der Waals surface area contributed by atoms with E-state index in [1.807, 2.05) is 13.8 Å². The maximum absolute atomic E-state index is 12.8. The molecular weight excluding hydrogens is 729 g/mol. The molecule has 0 aliphatic rings. The first-order valence-corrected chi connectivity index (χ1v) is 24.2. The highest BCUT2D eigenvalue weighted by atomic mass is 16.5. The van der Waals surface area contributed by atoms with E-state index in [4.69, 9.17) is 20.9 Å². The molecule has 4 atom stereocenters. The third-order valence-corrected chi connectivity index (χ3v) is 11.1. The summed E-state index contributed by atoms with van der Waals surface area (Å²) >= 11 is 0. The molecule has 0 aromatic carbocycles. The zero-order valence-corrected chi connectivity index (χ0v) is 39.0. The lowest BCUT2D eigenvalue weighted by molar-refractivity contribution is -0.150. The molecule has 0 aromatic heterocycles. The summed E-state index contributed by atoms with van der Waals surface area (Å²) in [7, 11) is 0. The zero-order chi connectivity index (χ0) is 43.7. The molecule has 4 unspecified atom stereocenters. The number of amides is 1. The predicted molar refractivity (Wildman–Crippen MR) is 244 cm³/mol. The average Bonchev–Trinajstić information content (AvgIpc) is 3.21. The van der Waals surface area contributed by atoms with Crippen LogP contribution in [0.3, 0.4) is 0 Å². The number of hydrogen-bond acceptors (Lipinski definition) is 7. The first kappa shape index (κ1) is 57.4. The summed E-state index contributed by atoms with van der Waals surface area (Å²) in [6.45, 7) is 16.1. The summed E-state index contributed by atoms with van der Waals surface area (Å²) in [6.07, 6.45) is 30.2. The number of carbonyl (C=O) groups excluding carboxylic acids is 4. The van der Waals surface area contributed by atoms with Crippen LogP contribution in [0.5, 0.6) is 0 Å². The highest BCUT2D eigenvalue weighted by Crippen LogP contribution is 2.22. The highest BCUT2D eigenvalue weighted by Gasteiger charge is 2.24. The number of nitrogens with one attached hydrogen (secondary N) is 1. The molecule has 58 heavy (non-hydrogen) atoms. The van der Waals surface area contributed by atoms with Crippen LogP contribution in [0, 0.1) is 17.8 Å². The second kappa shape index (κ2) is 42.5. The normalized spacial score (nSPS) is 13.0. The summed E-state index contributed by atoms with van der Waals surface area (Å²) in [5.41, 5.74) is 10.8. The lowest BCUT2D eigenvalue weighted by atomic mass is 9.94. The maximum atomic E-state index is 12.8. The molecule has 0 rings (SSSR count). The topological polar surface area (TPSA) is 163 Å². The number of guanidine groups is 1. The molecule has 0 aliphatic carbocycles. The Hall–Kier alpha value is -2.65. The number of hydrogen-bond donors (Lipinski definition) is 3. The lowest BCUT2D eigenvalue weighted by Crippen LogP contribution is -2.43. The number of nitrogens with zero attached hydrogens (tertiary/aromatic N) is 1. The van der Waals surface area contributed by atoms with Crippen molar-refractivity contribution in [2.45, 2.75) is 241 Å². The maximum Gasteiger partial charge on any atom is 0.308 e. The molecule has 10 nitrogen and oxygen atoms in total. The van der Waals surface area contributed by atoms with Crippen LogP contribution in [0.1, 0.15) is 235 Å². The molecule has 0 heterocycles. The molecule has 0 bridgehead atoms. The van der Waals surface area contributed by atoms with Gasteiger partial charge in [0.2, 0.25) is 5.91 Å². The van der Waals surface area contributed by atoms with E-state index in [0.29, 0.717) is 45.4 Å². The number of Topliss-reactive ketones (excluding diaryl/α,β-unsaturated/α-hetero) is 1. The molecule has 342 valence electrons. The zero-order valence-electron chi connectivity index (χ0n) is 39.0. The van der Waals surface area contributed by atoms with Crippen molar-refractivity contribution in [1.29, 1.82) is 0 Å². The van der Waals surface area contributed by atoms with Gasteiger partial charge in [-0.3, -0.25) is 24.2 Å². The van der Waals surface area contributed by atoms with Gasteiger partial charge in [0.05, 0.1) is 31.1 Å². The summed E-state index contributed by atoms with van der Waals surface area (Å²) in [5.74, 6) is -0.136. The van der Waals surface area contributed by atoms with Crippen molar-refractivity contribution in [3.05, 3.63) is 0 Å². The van der Waals surface area contributed by atoms with E-state index in [9.17, 15) is 19.2 Å². The van der Waals surface area contributed by atoms with Crippen LogP contribution >= 0.6 is 0 Å². The van der Waals surface area contributed by atoms with Gasteiger partial charge in [-0.15, -0.1) is 0 Å². The predicted octanol–water partition coefficient (Wildman–Crippen LogP) is 11.7. The standard InChI is InChI=1S/C31H60N4O4.C17H34O2/c1-5-8-10-12-13-16-20-26(19-15-11-9-6-2)30(38)39-24-18-14-17-21-28(36)35-27(22-23-34-31(32)33)29(37)25(4)7-3;1-4-7-10-11-14-16(13-9-6-3)17(18)19-15-12-8-5-2/h25-27H,5-24H2,1-4H3,(H,35,36)(H4,32,33,34);16H,4-15H2,1-3H3. The van der Waals surface area contributed by atoms with Gasteiger partial charge >= 0.3 is 11.9 Å². The Balaban J connectivity index is 0. The quantitative estimate of drug-likeness (QED) is 0.0239. The van der Waals surface area contributed by atoms with Crippen LogP contribution in [0.25, 0.3) is 0 Å². The molecule has 0 aromatic rings. The van der Waals surface area contributed by atoms with Crippen molar-refractivity contribution >= 4 is 29.6 Å². The lowest BCUT2D eigenvalue weighted by Gasteiger charge is -2.20. The third-order valence-electron chi connectivity index (χ3n) is 11.1. The molecule has 0 fully saturated rings. The minimum absolute atomic E-state index is 0.00811. The Morgan fingerprint density at radius 1 is 0.517 bits per heavy atom. The molecule has 0 spiro atoms. The molecule has 1 amide bonds. The van der Waals surface area contributed by atoms with Gasteiger partial charge in [-0.25, -0.2) is 0 Å². The van der Waals surface area contributed by atoms with Crippen LogP contribution < -0.4 is 16.8 Å². The first-order chi connectivity index (χ1) is 28.0. The van der Waals surface area contributed by atoms with Crippen molar-refractivity contribution in [1.82, 2.24) is 5.32 Å². The number of rotatable bonds is 39. The van der Waals surface area contributed by atoms with Gasteiger partial charge < -0.3 is 26.3 Å². The van der Waals surface area contributed by atoms with E-state index < -0.39 is 6.04 Å². The van der Waals surface area contributed by atoms with Gasteiger partial charge in [-0.05, 0) is 64.2 Å². The number of ketones is 1. The van der Waals surface area contributed by atoms with E-state index in [-0.39, 0.29) is 47.3 Å². The molecule has 10 heteroatoms. The number of ether oxygens (including phenoxy) is 2. The number of esters is 2. The number of nitrogens with two attached hydrogens (primary N) is 2. The fourth-order valence-corrected chi connectivity index (χ4v) is 6.93. The summed E-state index contributed by atoms with van der Waals surface area (Å²) < 4.78 is 11.1. The number of carbonyl (C=O) groups is 4. The third kappa shape index (κ3) is 35.3. The minimum atomic E-state index is -0.586. The summed E-state index contributed by atoms with van der Waals surface area (Å²) in [6, 6.07) is -0.586. The molecule has 5 N–H and O–H groups in total. The Morgan fingerprint density at radius 2 is 0.914 bits per heavy atom. The minimum Gasteiger partial charge on any atom is -0.465 e. The number of aliphatic imine (C=N–C) groups is 1. The van der Waals surface area contributed by atoms with Crippen LogP contribution in [0.2, 0.25) is 0 Å². The van der Waals surface area contributed by atoms with Crippen LogP contribution in [0.15, 0.2) is 4.99 Å². The monoisotopic (exact) mass is 823 g/mol. The van der Waals surface area contributed by atoms with Crippen LogP contribution in [-0.4, -0.2) is 55.4 Å². The SMILES string of the molecule is CCCCCCC(CCCC)C(=O)OCCCCC.CCCCCCCCC(CCCCCC)C(=O)OCCCCCC(=O)NC(CCN=C(N)N)C(=O)C(C)CC. The van der Waals surface area contributed by atoms with E-state index in [1.165, 1.54) is 83.5 Å². The van der Waals surface area contributed by atoms with Crippen LogP contribution in [0.4, 0.5) is 0 Å². The van der Waals surface area contributed by atoms with Gasteiger partial charge in [0.1, 0.15) is 0 Å². The smallest absolute Gasteiger partial charge is 0.308 e. The van der Waals surface area contributed by atoms with Gasteiger partial charge in [0.25, 0.3) is 0 Å². The second-order valence-corrected chi connectivity index (χ2v) is 16.6. The van der Waals surface area contributed by atoms with Crippen molar-refractivity contribution in [2.75, 3.05) is 19.8 Å². The summed E-state index contributed by atoms with van der Waals surface area (Å²) in [4.78, 5) is 53.9. The Kier molecular flexibility index (Phi) is 42.1. The van der Waals surface area contributed by atoms with Crippen LogP contribution in [-0.2, 0) is 28.7 Å². The Labute approximate surface area is 357 Å². The van der Waals surface area contributed by atoms with E-state index >= 15 is 0 Å². The molecule has 0 aliphatic heterocycles. The van der Waals surface area contributed by atoms with Crippen molar-refractivity contribution in [3.63, 3.8) is 0 Å². The Bertz CT molecular complexity index is 1020. The fraction of sp³-hybridized carbons (Fsp3) is 0.896. The molecule has 0 radical (unpaired) electrons. The first-order valence-electron chi connectivity index (χ1n) is 24.2. The average molecular weight is 823 g/mol. The van der Waals surface area contributed by atoms with Gasteiger partial charge in [-0.1, -0.05) is 164 Å². The van der Waals surface area contributed by atoms with Gasteiger partial charge in [0.15, 0.2) is 11.7 Å². The second-order valence-electron chi connectivity index (χ2n) is 16.6. The van der Waals surface area contributed by atoms with Crippen molar-refractivity contribution in [3.8, 4) is 0 Å². The van der Waals surface area contributed by atoms with E-state index in [2.05, 4.69) is 44.9 Å². The number of unbranched alkanes of at least 4 members (excludes halogenated alkanes) is 16. The molecular formula is C48H94N4O6.